The third-order valence-corrected chi connectivity index (χ3v) is 3.49. The van der Waals surface area contributed by atoms with E-state index in [4.69, 9.17) is 15.2 Å². The third kappa shape index (κ3) is 4.96. The van der Waals surface area contributed by atoms with Crippen LogP contribution in [0.2, 0.25) is 0 Å². The summed E-state index contributed by atoms with van der Waals surface area (Å²) in [5.41, 5.74) is 5.42. The average Bonchev–Trinajstić information content (AvgIpc) is 2.33. The van der Waals surface area contributed by atoms with E-state index in [1.54, 1.807) is 7.11 Å². The van der Waals surface area contributed by atoms with E-state index < -0.39 is 10.0 Å². The Hall–Kier alpha value is -1.22. The molecule has 7 nitrogen and oxygen atoms in total. The molecule has 1 rings (SSSR count). The zero-order valence-electron chi connectivity index (χ0n) is 10.1. The molecule has 0 amide bonds. The van der Waals surface area contributed by atoms with Gasteiger partial charge in [0, 0.05) is 25.9 Å². The number of aromatic nitrogens is 1. The van der Waals surface area contributed by atoms with E-state index in [1.807, 2.05) is 0 Å². The Bertz CT molecular complexity index is 464. The van der Waals surface area contributed by atoms with Gasteiger partial charge in [-0.3, -0.25) is 0 Å². The number of hydrogen-bond acceptors (Lipinski definition) is 6. The van der Waals surface area contributed by atoms with E-state index in [-0.39, 0.29) is 23.9 Å². The standard InChI is InChI=1S/C10H17N3O4S/c1-16-6-7-17-5-4-13-18(14,15)9-2-3-12-10(11)8-9/h2-3,8,13H,4-7H2,1H3,(H2,11,12). The van der Waals surface area contributed by atoms with Gasteiger partial charge in [0.1, 0.15) is 5.82 Å². The van der Waals surface area contributed by atoms with Crippen molar-refractivity contribution in [3.8, 4) is 0 Å². The maximum absolute atomic E-state index is 11.8. The van der Waals surface area contributed by atoms with Gasteiger partial charge in [-0.2, -0.15) is 0 Å². The molecule has 0 fully saturated rings. The Morgan fingerprint density at radius 3 is 2.83 bits per heavy atom. The number of sulfonamides is 1. The van der Waals surface area contributed by atoms with Crippen molar-refractivity contribution in [3.05, 3.63) is 18.3 Å². The molecule has 0 atom stereocenters. The number of methoxy groups -OCH3 is 1. The van der Waals surface area contributed by atoms with Crippen molar-refractivity contribution in [3.63, 3.8) is 0 Å². The predicted octanol–water partition coefficient (Wildman–Crippen LogP) is -0.395. The van der Waals surface area contributed by atoms with Crippen LogP contribution in [0.1, 0.15) is 0 Å². The molecule has 0 saturated heterocycles. The minimum absolute atomic E-state index is 0.0897. The van der Waals surface area contributed by atoms with Crippen molar-refractivity contribution in [2.75, 3.05) is 39.2 Å². The second-order valence-electron chi connectivity index (χ2n) is 3.42. The van der Waals surface area contributed by atoms with Crippen molar-refractivity contribution in [2.45, 2.75) is 4.90 Å². The second kappa shape index (κ2) is 7.27. The minimum Gasteiger partial charge on any atom is -0.384 e. The molecular formula is C10H17N3O4S. The molecule has 0 aliphatic heterocycles. The Morgan fingerprint density at radius 2 is 2.17 bits per heavy atom. The highest BCUT2D eigenvalue weighted by atomic mass is 32.2. The fraction of sp³-hybridized carbons (Fsp3) is 0.500. The zero-order valence-corrected chi connectivity index (χ0v) is 10.9. The minimum atomic E-state index is -3.56. The number of nitrogens with zero attached hydrogens (tertiary/aromatic N) is 1. The van der Waals surface area contributed by atoms with Gasteiger partial charge >= 0.3 is 0 Å². The van der Waals surface area contributed by atoms with Gasteiger partial charge in [0.25, 0.3) is 0 Å². The van der Waals surface area contributed by atoms with Crippen molar-refractivity contribution in [1.29, 1.82) is 0 Å². The number of pyridine rings is 1. The summed E-state index contributed by atoms with van der Waals surface area (Å²) in [5.74, 6) is 0.161. The summed E-state index contributed by atoms with van der Waals surface area (Å²) in [6.45, 7) is 1.38. The van der Waals surface area contributed by atoms with Crippen LogP contribution in [-0.2, 0) is 19.5 Å². The molecule has 0 aliphatic carbocycles. The quantitative estimate of drug-likeness (QED) is 0.626. The number of anilines is 1. The van der Waals surface area contributed by atoms with Crippen LogP contribution in [0.4, 0.5) is 5.82 Å². The van der Waals surface area contributed by atoms with Crippen LogP contribution < -0.4 is 10.5 Å². The molecular weight excluding hydrogens is 258 g/mol. The first kappa shape index (κ1) is 14.8. The van der Waals surface area contributed by atoms with Crippen LogP contribution in [0.25, 0.3) is 0 Å². The van der Waals surface area contributed by atoms with Gasteiger partial charge in [-0.15, -0.1) is 0 Å². The SMILES string of the molecule is COCCOCCNS(=O)(=O)c1ccnc(N)c1. The second-order valence-corrected chi connectivity index (χ2v) is 5.19. The lowest BCUT2D eigenvalue weighted by molar-refractivity contribution is 0.0736. The number of nitrogen functional groups attached to an aromatic ring is 1. The first-order valence-corrected chi connectivity index (χ1v) is 6.82. The zero-order chi connectivity index (χ0) is 13.4. The predicted molar refractivity (Wildman–Crippen MR) is 66.5 cm³/mol. The number of ether oxygens (including phenoxy) is 2. The number of rotatable bonds is 8. The normalized spacial score (nSPS) is 11.6. The average molecular weight is 275 g/mol. The molecule has 8 heteroatoms. The van der Waals surface area contributed by atoms with Crippen LogP contribution in [0, 0.1) is 0 Å². The lowest BCUT2D eigenvalue weighted by Gasteiger charge is -2.07. The van der Waals surface area contributed by atoms with E-state index in [2.05, 4.69) is 9.71 Å². The highest BCUT2D eigenvalue weighted by molar-refractivity contribution is 7.89. The number of nitrogens with two attached hydrogens (primary N) is 1. The highest BCUT2D eigenvalue weighted by Gasteiger charge is 2.13. The topological polar surface area (TPSA) is 104 Å². The van der Waals surface area contributed by atoms with Crippen molar-refractivity contribution in [2.24, 2.45) is 0 Å². The van der Waals surface area contributed by atoms with Crippen LogP contribution in [0.3, 0.4) is 0 Å². The van der Waals surface area contributed by atoms with E-state index in [9.17, 15) is 8.42 Å². The molecule has 0 radical (unpaired) electrons. The van der Waals surface area contributed by atoms with Gasteiger partial charge in [0.05, 0.1) is 24.7 Å². The summed E-state index contributed by atoms with van der Waals surface area (Å²) in [5, 5.41) is 0. The summed E-state index contributed by atoms with van der Waals surface area (Å²) in [6, 6.07) is 2.68. The molecule has 0 aromatic carbocycles. The van der Waals surface area contributed by atoms with Crippen LogP contribution in [0.15, 0.2) is 23.2 Å². The maximum Gasteiger partial charge on any atom is 0.240 e. The summed E-state index contributed by atoms with van der Waals surface area (Å²) >= 11 is 0. The van der Waals surface area contributed by atoms with Gasteiger partial charge in [-0.1, -0.05) is 0 Å². The molecule has 3 N–H and O–H groups in total. The number of nitrogens with one attached hydrogen (secondary N) is 1. The Morgan fingerprint density at radius 1 is 1.39 bits per heavy atom. The molecule has 0 saturated carbocycles. The molecule has 18 heavy (non-hydrogen) atoms. The van der Waals surface area contributed by atoms with Gasteiger partial charge in [-0.25, -0.2) is 18.1 Å². The molecule has 1 aromatic rings. The molecule has 102 valence electrons. The van der Waals surface area contributed by atoms with Crippen molar-refractivity contribution < 1.29 is 17.9 Å². The lowest BCUT2D eigenvalue weighted by atomic mass is 10.5. The van der Waals surface area contributed by atoms with E-state index in [0.29, 0.717) is 13.2 Å². The number of hydrogen-bond donors (Lipinski definition) is 2. The fourth-order valence-electron chi connectivity index (χ4n) is 1.17. The van der Waals surface area contributed by atoms with Crippen molar-refractivity contribution in [1.82, 2.24) is 9.71 Å². The smallest absolute Gasteiger partial charge is 0.240 e. The third-order valence-electron chi connectivity index (χ3n) is 2.03. The van der Waals surface area contributed by atoms with Gasteiger partial charge in [0.2, 0.25) is 10.0 Å². The maximum atomic E-state index is 11.8. The van der Waals surface area contributed by atoms with Crippen LogP contribution in [0.5, 0.6) is 0 Å². The van der Waals surface area contributed by atoms with E-state index in [0.717, 1.165) is 0 Å². The fourth-order valence-corrected chi connectivity index (χ4v) is 2.21. The van der Waals surface area contributed by atoms with Gasteiger partial charge < -0.3 is 15.2 Å². The first-order valence-electron chi connectivity index (χ1n) is 5.34. The Balaban J connectivity index is 2.41. The Kier molecular flexibility index (Phi) is 5.99. The molecule has 0 bridgehead atoms. The molecule has 1 aromatic heterocycles. The lowest BCUT2D eigenvalue weighted by Crippen LogP contribution is -2.28. The summed E-state index contributed by atoms with van der Waals surface area (Å²) in [7, 11) is -1.99. The van der Waals surface area contributed by atoms with Crippen molar-refractivity contribution >= 4 is 15.8 Å². The summed E-state index contributed by atoms with van der Waals surface area (Å²) in [4.78, 5) is 3.82. The van der Waals surface area contributed by atoms with E-state index in [1.165, 1.54) is 18.3 Å². The van der Waals surface area contributed by atoms with Crippen LogP contribution >= 0.6 is 0 Å². The summed E-state index contributed by atoms with van der Waals surface area (Å²) < 4.78 is 35.9. The monoisotopic (exact) mass is 275 g/mol. The summed E-state index contributed by atoms with van der Waals surface area (Å²) in [6.07, 6.45) is 1.35. The molecule has 0 unspecified atom stereocenters. The molecule has 1 heterocycles. The molecule has 0 aliphatic rings. The van der Waals surface area contributed by atoms with Gasteiger partial charge in [-0.05, 0) is 6.07 Å². The van der Waals surface area contributed by atoms with Gasteiger partial charge in [0.15, 0.2) is 0 Å². The Labute approximate surface area is 106 Å². The van der Waals surface area contributed by atoms with E-state index >= 15 is 0 Å². The first-order chi connectivity index (χ1) is 8.56. The van der Waals surface area contributed by atoms with Crippen LogP contribution in [-0.4, -0.2) is 46.9 Å². The largest absolute Gasteiger partial charge is 0.384 e. The highest BCUT2D eigenvalue weighted by Crippen LogP contribution is 2.09. The molecule has 0 spiro atoms.